The number of anilines is 1. The van der Waals surface area contributed by atoms with Crippen LogP contribution in [0.2, 0.25) is 10.0 Å². The zero-order valence-electron chi connectivity index (χ0n) is 26.0. The van der Waals surface area contributed by atoms with E-state index in [0.29, 0.717) is 47.4 Å². The van der Waals surface area contributed by atoms with Gasteiger partial charge < -0.3 is 30.1 Å². The molecule has 3 aromatic carbocycles. The number of ether oxygens (including phenoxy) is 1. The van der Waals surface area contributed by atoms with Crippen LogP contribution in [0.4, 0.5) is 10.5 Å². The number of likely N-dealkylation sites (N-methyl/N-ethyl adjacent to an activating group) is 1. The van der Waals surface area contributed by atoms with Crippen LogP contribution in [0.5, 0.6) is 5.75 Å². The summed E-state index contributed by atoms with van der Waals surface area (Å²) in [5.41, 5.74) is 1.72. The highest BCUT2D eigenvalue weighted by Crippen LogP contribution is 2.58. The number of rotatable bonds is 4. The topological polar surface area (TPSA) is 94.2 Å². The first-order valence-electron chi connectivity index (χ1n) is 16.0. The van der Waals surface area contributed by atoms with Gasteiger partial charge in [-0.3, -0.25) is 9.59 Å². The predicted molar refractivity (Wildman–Crippen MR) is 190 cm³/mol. The second kappa shape index (κ2) is 13.1. The lowest BCUT2D eigenvalue weighted by molar-refractivity contribution is -0.131. The number of hydrogen-bond acceptors (Lipinski definition) is 5. The van der Waals surface area contributed by atoms with E-state index in [1.165, 1.54) is 0 Å². The SMILES string of the molecule is CN1CCN(C(=O)N2CCC(Oc3ccc(I)cc3C3NC(=O)CC(c4cccc(Cl)c4)C34C(=O)Nc3cc(Cl)ccc34)CC2)CC1. The Labute approximate surface area is 298 Å². The molecule has 0 aromatic heterocycles. The van der Waals surface area contributed by atoms with Crippen molar-refractivity contribution in [3.05, 3.63) is 91.0 Å². The fourth-order valence-electron chi connectivity index (χ4n) is 7.66. The Morgan fingerprint density at radius 1 is 0.915 bits per heavy atom. The van der Waals surface area contributed by atoms with Crippen LogP contribution in [-0.4, -0.2) is 85.0 Å². The molecule has 3 unspecified atom stereocenters. The molecule has 246 valence electrons. The Kier molecular flexibility index (Phi) is 9.05. The normalized spacial score (nSPS) is 25.0. The number of piperidine rings is 2. The zero-order chi connectivity index (χ0) is 32.9. The Balaban J connectivity index is 1.23. The number of carbonyl (C=O) groups excluding carboxylic acids is 3. The highest BCUT2D eigenvalue weighted by atomic mass is 127. The van der Waals surface area contributed by atoms with Crippen molar-refractivity contribution in [2.24, 2.45) is 0 Å². The first-order chi connectivity index (χ1) is 22.6. The molecular weight excluding hydrogens is 752 g/mol. The summed E-state index contributed by atoms with van der Waals surface area (Å²) in [7, 11) is 2.08. The first kappa shape index (κ1) is 32.5. The Morgan fingerprint density at radius 3 is 2.38 bits per heavy atom. The highest BCUT2D eigenvalue weighted by Gasteiger charge is 2.61. The van der Waals surface area contributed by atoms with Crippen LogP contribution in [-0.2, 0) is 15.0 Å². The van der Waals surface area contributed by atoms with Gasteiger partial charge in [-0.25, -0.2) is 4.79 Å². The van der Waals surface area contributed by atoms with Gasteiger partial charge >= 0.3 is 6.03 Å². The van der Waals surface area contributed by atoms with Crippen molar-refractivity contribution in [3.8, 4) is 5.75 Å². The van der Waals surface area contributed by atoms with E-state index in [1.54, 1.807) is 18.2 Å². The zero-order valence-corrected chi connectivity index (χ0v) is 29.6. The second-order valence-electron chi connectivity index (χ2n) is 12.9. The third kappa shape index (κ3) is 6.06. The van der Waals surface area contributed by atoms with E-state index < -0.39 is 17.4 Å². The minimum Gasteiger partial charge on any atom is -0.490 e. The second-order valence-corrected chi connectivity index (χ2v) is 15.0. The monoisotopic (exact) mass is 787 g/mol. The van der Waals surface area contributed by atoms with Gasteiger partial charge in [0.05, 0.1) is 6.04 Å². The fourth-order valence-corrected chi connectivity index (χ4v) is 8.55. The molecule has 3 atom stereocenters. The summed E-state index contributed by atoms with van der Waals surface area (Å²) >= 11 is 15.1. The number of urea groups is 1. The number of nitrogens with one attached hydrogen (secondary N) is 2. The number of hydrogen-bond donors (Lipinski definition) is 2. The van der Waals surface area contributed by atoms with Crippen LogP contribution in [0.25, 0.3) is 0 Å². The van der Waals surface area contributed by atoms with E-state index in [0.717, 1.165) is 46.4 Å². The van der Waals surface area contributed by atoms with Crippen molar-refractivity contribution in [1.82, 2.24) is 20.0 Å². The van der Waals surface area contributed by atoms with Crippen molar-refractivity contribution in [1.29, 1.82) is 0 Å². The van der Waals surface area contributed by atoms with Gasteiger partial charge in [0.15, 0.2) is 0 Å². The Hall–Kier alpha value is -3.06. The molecule has 4 amide bonds. The van der Waals surface area contributed by atoms with Gasteiger partial charge in [-0.05, 0) is 83.2 Å². The summed E-state index contributed by atoms with van der Waals surface area (Å²) in [6, 6.07) is 18.1. The first-order valence-corrected chi connectivity index (χ1v) is 17.8. The number of fused-ring (bicyclic) bond motifs is 2. The minimum atomic E-state index is -1.21. The lowest BCUT2D eigenvalue weighted by atomic mass is 9.59. The average Bonchev–Trinajstić information content (AvgIpc) is 3.33. The Bertz CT molecular complexity index is 1730. The maximum absolute atomic E-state index is 14.5. The van der Waals surface area contributed by atoms with Crippen molar-refractivity contribution in [2.45, 2.75) is 42.7 Å². The fraction of sp³-hybridized carbons (Fsp3) is 0.400. The standard InChI is InChI=1S/C35H36Cl2IN5O4/c1-41-13-15-43(16-14-41)34(46)42-11-9-25(10-12-42)47-30-8-6-24(38)19-26(30)32-35(27-7-5-23(37)18-29(27)39-33(35)45)28(20-31(44)40-32)21-3-2-4-22(36)17-21/h2-8,17-19,25,28,32H,9-16,20H2,1H3,(H,39,45)(H,40,44). The molecule has 12 heteroatoms. The summed E-state index contributed by atoms with van der Waals surface area (Å²) in [4.78, 5) is 47.4. The molecule has 1 spiro atoms. The van der Waals surface area contributed by atoms with Crippen molar-refractivity contribution in [2.75, 3.05) is 51.6 Å². The molecule has 3 fully saturated rings. The smallest absolute Gasteiger partial charge is 0.320 e. The van der Waals surface area contributed by atoms with Gasteiger partial charge in [0.1, 0.15) is 17.3 Å². The lowest BCUT2D eigenvalue weighted by Crippen LogP contribution is -2.57. The van der Waals surface area contributed by atoms with Crippen LogP contribution in [0, 0.1) is 3.57 Å². The molecule has 7 rings (SSSR count). The van der Waals surface area contributed by atoms with Gasteiger partial charge in [0.2, 0.25) is 11.8 Å². The number of carbonyl (C=O) groups is 3. The van der Waals surface area contributed by atoms with E-state index in [-0.39, 0.29) is 30.4 Å². The summed E-state index contributed by atoms with van der Waals surface area (Å²) < 4.78 is 7.68. The largest absolute Gasteiger partial charge is 0.490 e. The van der Waals surface area contributed by atoms with Gasteiger partial charge in [0, 0.05) is 89.3 Å². The minimum absolute atomic E-state index is 0.0939. The molecule has 2 N–H and O–H groups in total. The quantitative estimate of drug-likeness (QED) is 0.315. The molecule has 4 heterocycles. The number of benzene rings is 3. The number of halogens is 3. The average molecular weight is 789 g/mol. The Morgan fingerprint density at radius 2 is 1.64 bits per heavy atom. The van der Waals surface area contributed by atoms with Crippen LogP contribution in [0.15, 0.2) is 60.7 Å². The van der Waals surface area contributed by atoms with Gasteiger partial charge in [0.25, 0.3) is 0 Å². The third-order valence-corrected chi connectivity index (χ3v) is 11.2. The predicted octanol–water partition coefficient (Wildman–Crippen LogP) is 6.04. The van der Waals surface area contributed by atoms with E-state index in [1.807, 2.05) is 52.3 Å². The molecule has 0 radical (unpaired) electrons. The molecule has 0 bridgehead atoms. The van der Waals surface area contributed by atoms with Crippen molar-refractivity contribution in [3.63, 3.8) is 0 Å². The van der Waals surface area contributed by atoms with E-state index in [9.17, 15) is 14.4 Å². The summed E-state index contributed by atoms with van der Waals surface area (Å²) in [5.74, 6) is -0.288. The molecule has 3 aromatic rings. The van der Waals surface area contributed by atoms with Crippen LogP contribution >= 0.6 is 45.8 Å². The highest BCUT2D eigenvalue weighted by molar-refractivity contribution is 14.1. The van der Waals surface area contributed by atoms with E-state index in [4.69, 9.17) is 27.9 Å². The molecule has 47 heavy (non-hydrogen) atoms. The number of nitrogens with zero attached hydrogens (tertiary/aromatic N) is 3. The van der Waals surface area contributed by atoms with Gasteiger partial charge in [-0.1, -0.05) is 41.4 Å². The molecule has 4 aliphatic rings. The molecule has 9 nitrogen and oxygen atoms in total. The van der Waals surface area contributed by atoms with Crippen molar-refractivity contribution < 1.29 is 19.1 Å². The molecular formula is C35H36Cl2IN5O4. The summed E-state index contributed by atoms with van der Waals surface area (Å²) in [5, 5.41) is 7.35. The number of piperazine rings is 1. The lowest BCUT2D eigenvalue weighted by Gasteiger charge is -2.47. The van der Waals surface area contributed by atoms with E-state index >= 15 is 0 Å². The van der Waals surface area contributed by atoms with Crippen LogP contribution in [0.1, 0.15) is 47.9 Å². The number of amides is 4. The van der Waals surface area contributed by atoms with Crippen LogP contribution in [0.3, 0.4) is 0 Å². The maximum Gasteiger partial charge on any atom is 0.320 e. The maximum atomic E-state index is 14.5. The molecule has 4 aliphatic heterocycles. The van der Waals surface area contributed by atoms with Crippen molar-refractivity contribution >= 4 is 69.3 Å². The van der Waals surface area contributed by atoms with E-state index in [2.05, 4.69) is 45.2 Å². The summed E-state index contributed by atoms with van der Waals surface area (Å²) in [6.07, 6.45) is 1.33. The third-order valence-electron chi connectivity index (χ3n) is 10.1. The van der Waals surface area contributed by atoms with Gasteiger partial charge in [-0.15, -0.1) is 0 Å². The molecule has 0 saturated carbocycles. The van der Waals surface area contributed by atoms with Crippen LogP contribution < -0.4 is 15.4 Å². The number of likely N-dealkylation sites (tertiary alicyclic amines) is 1. The van der Waals surface area contributed by atoms with Gasteiger partial charge in [-0.2, -0.15) is 0 Å². The molecule has 0 aliphatic carbocycles. The summed E-state index contributed by atoms with van der Waals surface area (Å²) in [6.45, 7) is 4.46. The molecule has 3 saturated heterocycles.